The number of ether oxygens (including phenoxy) is 4. The molecule has 0 saturated carbocycles. The first-order chi connectivity index (χ1) is 18.9. The summed E-state index contributed by atoms with van der Waals surface area (Å²) in [4.78, 5) is 13.3. The monoisotopic (exact) mass is 584 g/mol. The van der Waals surface area contributed by atoms with Crippen molar-refractivity contribution < 1.29 is 45.3 Å². The molecule has 13 heteroatoms. The Labute approximate surface area is 230 Å². The Bertz CT molecular complexity index is 1390. The van der Waals surface area contributed by atoms with Crippen molar-refractivity contribution >= 4 is 32.9 Å². The second-order valence-electron chi connectivity index (χ2n) is 9.63. The molecule has 40 heavy (non-hydrogen) atoms. The first-order valence-corrected chi connectivity index (χ1v) is 14.1. The lowest BCUT2D eigenvalue weighted by Crippen LogP contribution is -2.47. The van der Waals surface area contributed by atoms with Gasteiger partial charge in [0, 0.05) is 50.6 Å². The molecule has 9 nitrogen and oxygen atoms in total. The molecule has 2 heterocycles. The van der Waals surface area contributed by atoms with Gasteiger partial charge in [0.2, 0.25) is 15.9 Å². The van der Waals surface area contributed by atoms with Gasteiger partial charge in [-0.3, -0.25) is 9.10 Å². The van der Waals surface area contributed by atoms with Gasteiger partial charge < -0.3 is 24.3 Å². The third-order valence-electron chi connectivity index (χ3n) is 6.74. The Balaban J connectivity index is 1.70. The van der Waals surface area contributed by atoms with Crippen LogP contribution >= 0.6 is 0 Å². The highest BCUT2D eigenvalue weighted by Gasteiger charge is 2.41. The van der Waals surface area contributed by atoms with E-state index >= 15 is 0 Å². The fraction of sp³-hybridized carbons (Fsp3) is 0.444. The van der Waals surface area contributed by atoms with Crippen LogP contribution in [0.4, 0.5) is 24.5 Å². The molecule has 1 amide bonds. The van der Waals surface area contributed by atoms with Gasteiger partial charge in [-0.25, -0.2) is 8.42 Å². The molecular formula is C27H31F3N2O7S. The standard InChI is InChI=1S/C27H31F3N2O7S/c1-36-11-10-32-23-6-4-5-22(21(23)9-12-40(32,34)35)31-25(33)13-18-15-26(16-37-2,17-38-3)39-24-14-19(27(28,29)30)7-8-20(18)24/h4-8,13-14H,9-12,15-17H2,1-3H3,(H,31,33)/b18-13+. The summed E-state index contributed by atoms with van der Waals surface area (Å²) in [5, 5.41) is 2.83. The van der Waals surface area contributed by atoms with E-state index in [1.807, 2.05) is 0 Å². The molecule has 0 fully saturated rings. The quantitative estimate of drug-likeness (QED) is 0.447. The number of fused-ring (bicyclic) bond motifs is 2. The molecule has 218 valence electrons. The Hall–Kier alpha value is -3.13. The summed E-state index contributed by atoms with van der Waals surface area (Å²) in [6.07, 6.45) is -2.93. The number of anilines is 2. The number of carbonyl (C=O) groups is 1. The summed E-state index contributed by atoms with van der Waals surface area (Å²) in [7, 11) is 0.818. The SMILES string of the molecule is COCCN1c2cccc(NC(=O)/C=C3\CC(COC)(COC)Oc4cc(C(F)(F)F)ccc43)c2CCS1(=O)=O. The van der Waals surface area contributed by atoms with Crippen LogP contribution in [0.3, 0.4) is 0 Å². The molecule has 0 unspecified atom stereocenters. The van der Waals surface area contributed by atoms with E-state index in [2.05, 4.69) is 5.32 Å². The zero-order chi connectivity index (χ0) is 29.1. The second kappa shape index (κ2) is 11.8. The molecule has 0 radical (unpaired) electrons. The first-order valence-electron chi connectivity index (χ1n) is 12.4. The average Bonchev–Trinajstić information content (AvgIpc) is 2.87. The molecule has 2 aliphatic rings. The molecule has 2 aromatic rings. The third-order valence-corrected chi connectivity index (χ3v) is 8.51. The van der Waals surface area contributed by atoms with E-state index in [-0.39, 0.29) is 50.7 Å². The number of methoxy groups -OCH3 is 3. The number of alkyl halides is 3. The van der Waals surface area contributed by atoms with Crippen molar-refractivity contribution in [2.75, 3.05) is 63.1 Å². The van der Waals surface area contributed by atoms with Gasteiger partial charge in [0.25, 0.3) is 0 Å². The predicted octanol–water partition coefficient (Wildman–Crippen LogP) is 3.88. The minimum Gasteiger partial charge on any atom is -0.481 e. The van der Waals surface area contributed by atoms with Crippen LogP contribution in [-0.2, 0) is 41.6 Å². The molecule has 2 aromatic carbocycles. The third kappa shape index (κ3) is 6.27. The van der Waals surface area contributed by atoms with Crippen LogP contribution in [-0.4, -0.2) is 73.4 Å². The molecule has 0 bridgehead atoms. The lowest BCUT2D eigenvalue weighted by Gasteiger charge is -2.39. The molecular weight excluding hydrogens is 553 g/mol. The zero-order valence-corrected chi connectivity index (χ0v) is 23.2. The maximum atomic E-state index is 13.4. The van der Waals surface area contributed by atoms with Crippen molar-refractivity contribution in [2.24, 2.45) is 0 Å². The van der Waals surface area contributed by atoms with Crippen LogP contribution < -0.4 is 14.4 Å². The molecule has 4 rings (SSSR count). The number of rotatable bonds is 9. The van der Waals surface area contributed by atoms with E-state index < -0.39 is 33.3 Å². The van der Waals surface area contributed by atoms with Gasteiger partial charge in [0.1, 0.15) is 5.75 Å². The Kier molecular flexibility index (Phi) is 8.78. The number of amides is 1. The Morgan fingerprint density at radius 2 is 1.85 bits per heavy atom. The minimum absolute atomic E-state index is 0.00740. The average molecular weight is 585 g/mol. The molecule has 2 aliphatic heterocycles. The van der Waals surface area contributed by atoms with E-state index in [0.29, 0.717) is 28.1 Å². The number of benzene rings is 2. The highest BCUT2D eigenvalue weighted by molar-refractivity contribution is 7.92. The van der Waals surface area contributed by atoms with E-state index in [4.69, 9.17) is 18.9 Å². The van der Waals surface area contributed by atoms with Crippen LogP contribution in [0, 0.1) is 0 Å². The lowest BCUT2D eigenvalue weighted by atomic mass is 9.86. The lowest BCUT2D eigenvalue weighted by molar-refractivity contribution is -0.138. The maximum absolute atomic E-state index is 13.4. The summed E-state index contributed by atoms with van der Waals surface area (Å²) >= 11 is 0. The summed E-state index contributed by atoms with van der Waals surface area (Å²) in [5.74, 6) is -0.692. The first kappa shape index (κ1) is 29.8. The topological polar surface area (TPSA) is 103 Å². The fourth-order valence-electron chi connectivity index (χ4n) is 5.06. The number of halogens is 3. The van der Waals surface area contributed by atoms with Gasteiger partial charge in [0.05, 0.1) is 43.4 Å². The second-order valence-corrected chi connectivity index (χ2v) is 11.6. The molecule has 0 aliphatic carbocycles. The summed E-state index contributed by atoms with van der Waals surface area (Å²) in [5.41, 5.74) is 0.309. The minimum atomic E-state index is -4.58. The van der Waals surface area contributed by atoms with Crippen LogP contribution in [0.5, 0.6) is 5.75 Å². The van der Waals surface area contributed by atoms with E-state index in [0.717, 1.165) is 12.1 Å². The number of nitrogens with one attached hydrogen (secondary N) is 1. The van der Waals surface area contributed by atoms with E-state index in [1.54, 1.807) is 18.2 Å². The van der Waals surface area contributed by atoms with Crippen molar-refractivity contribution in [3.8, 4) is 5.75 Å². The van der Waals surface area contributed by atoms with Gasteiger partial charge in [-0.05, 0) is 36.3 Å². The van der Waals surface area contributed by atoms with Gasteiger partial charge in [-0.2, -0.15) is 13.2 Å². The van der Waals surface area contributed by atoms with Crippen molar-refractivity contribution in [1.29, 1.82) is 0 Å². The fourth-order valence-corrected chi connectivity index (χ4v) is 6.56. The highest BCUT2D eigenvalue weighted by Crippen LogP contribution is 2.44. The van der Waals surface area contributed by atoms with Crippen LogP contribution in [0.1, 0.15) is 23.1 Å². The number of nitrogens with zero attached hydrogens (tertiary/aromatic N) is 1. The van der Waals surface area contributed by atoms with Crippen molar-refractivity contribution in [2.45, 2.75) is 24.6 Å². The summed E-state index contributed by atoms with van der Waals surface area (Å²) in [6.45, 7) is 0.343. The number of sulfonamides is 1. The van der Waals surface area contributed by atoms with E-state index in [1.165, 1.54) is 37.8 Å². The Morgan fingerprint density at radius 3 is 2.50 bits per heavy atom. The van der Waals surface area contributed by atoms with Crippen molar-refractivity contribution in [3.63, 3.8) is 0 Å². The molecule has 1 N–H and O–H groups in total. The van der Waals surface area contributed by atoms with Crippen LogP contribution in [0.15, 0.2) is 42.5 Å². The maximum Gasteiger partial charge on any atom is 0.416 e. The van der Waals surface area contributed by atoms with Crippen LogP contribution in [0.2, 0.25) is 0 Å². The Morgan fingerprint density at radius 1 is 1.12 bits per heavy atom. The molecule has 0 saturated heterocycles. The van der Waals surface area contributed by atoms with Crippen molar-refractivity contribution in [1.82, 2.24) is 0 Å². The number of hydrogen-bond acceptors (Lipinski definition) is 7. The zero-order valence-electron chi connectivity index (χ0n) is 22.3. The van der Waals surface area contributed by atoms with E-state index in [9.17, 15) is 26.4 Å². The molecule has 0 aromatic heterocycles. The number of carbonyl (C=O) groups excluding carboxylic acids is 1. The van der Waals surface area contributed by atoms with Gasteiger partial charge >= 0.3 is 6.18 Å². The predicted molar refractivity (Wildman–Crippen MR) is 143 cm³/mol. The number of hydrogen-bond donors (Lipinski definition) is 1. The smallest absolute Gasteiger partial charge is 0.416 e. The van der Waals surface area contributed by atoms with Crippen molar-refractivity contribution in [3.05, 3.63) is 59.2 Å². The summed E-state index contributed by atoms with van der Waals surface area (Å²) in [6, 6.07) is 8.12. The molecule has 0 atom stereocenters. The van der Waals surface area contributed by atoms with Gasteiger partial charge in [-0.15, -0.1) is 0 Å². The highest BCUT2D eigenvalue weighted by atomic mass is 32.2. The van der Waals surface area contributed by atoms with Crippen LogP contribution in [0.25, 0.3) is 5.57 Å². The molecule has 0 spiro atoms. The van der Waals surface area contributed by atoms with Gasteiger partial charge in [0.15, 0.2) is 5.60 Å². The summed E-state index contributed by atoms with van der Waals surface area (Å²) < 4.78 is 88.7. The van der Waals surface area contributed by atoms with Gasteiger partial charge in [-0.1, -0.05) is 12.1 Å². The largest absolute Gasteiger partial charge is 0.481 e. The normalized spacial score (nSPS) is 18.6.